The van der Waals surface area contributed by atoms with E-state index in [2.05, 4.69) is 17.2 Å². The highest BCUT2D eigenvalue weighted by Crippen LogP contribution is 2.34. The van der Waals surface area contributed by atoms with Crippen LogP contribution in [-0.4, -0.2) is 36.8 Å². The Morgan fingerprint density at radius 1 is 1.12 bits per heavy atom. The van der Waals surface area contributed by atoms with Crippen molar-refractivity contribution < 1.29 is 8.42 Å². The largest absolute Gasteiger partial charge is 0.367 e. The van der Waals surface area contributed by atoms with Gasteiger partial charge in [-0.2, -0.15) is 4.31 Å². The fourth-order valence-electron chi connectivity index (χ4n) is 3.57. The quantitative estimate of drug-likeness (QED) is 0.931. The Balaban J connectivity index is 1.67. The van der Waals surface area contributed by atoms with Crippen LogP contribution in [0.5, 0.6) is 0 Å². The van der Waals surface area contributed by atoms with Crippen molar-refractivity contribution in [3.05, 3.63) is 42.1 Å². The van der Waals surface area contributed by atoms with Gasteiger partial charge in [0.25, 0.3) is 0 Å². The number of hydrogen-bond donors (Lipinski definition) is 1. The van der Waals surface area contributed by atoms with Crippen LogP contribution < -0.4 is 5.32 Å². The number of fused-ring (bicyclic) bond motifs is 1. The van der Waals surface area contributed by atoms with Crippen molar-refractivity contribution >= 4 is 15.8 Å². The lowest BCUT2D eigenvalue weighted by molar-refractivity contribution is 0.477. The molecule has 5 nitrogen and oxygen atoms in total. The van der Waals surface area contributed by atoms with Gasteiger partial charge in [-0.1, -0.05) is 12.1 Å². The zero-order valence-electron chi connectivity index (χ0n) is 13.7. The van der Waals surface area contributed by atoms with Gasteiger partial charge in [0.1, 0.15) is 5.82 Å². The molecule has 1 aromatic heterocycles. The molecule has 6 heteroatoms. The number of benzene rings is 1. The molecule has 4 rings (SSSR count). The van der Waals surface area contributed by atoms with Crippen LogP contribution in [0.15, 0.2) is 41.4 Å². The lowest BCUT2D eigenvalue weighted by Crippen LogP contribution is -2.27. The molecule has 1 fully saturated rings. The molecule has 3 heterocycles. The number of nitrogens with zero attached hydrogens (tertiary/aromatic N) is 2. The van der Waals surface area contributed by atoms with E-state index in [1.54, 1.807) is 22.6 Å². The van der Waals surface area contributed by atoms with Gasteiger partial charge in [-0.3, -0.25) is 0 Å². The standard InChI is InChI=1S/C18H21N3O2S/c1-13-12-17-16(8-9-19-18(17)20-13)14-4-6-15(7-5-14)24(22,23)21-10-2-3-11-21/h4-9,13H,2-3,10-12H2,1H3,(H,19,20). The number of nitrogens with one attached hydrogen (secondary N) is 1. The molecule has 0 saturated carbocycles. The maximum atomic E-state index is 12.6. The lowest BCUT2D eigenvalue weighted by atomic mass is 9.99. The van der Waals surface area contributed by atoms with Crippen LogP contribution in [0, 0.1) is 0 Å². The highest BCUT2D eigenvalue weighted by Gasteiger charge is 2.27. The summed E-state index contributed by atoms with van der Waals surface area (Å²) in [7, 11) is -3.35. The number of pyridine rings is 1. The van der Waals surface area contributed by atoms with Crippen molar-refractivity contribution in [3.8, 4) is 11.1 Å². The molecule has 1 saturated heterocycles. The average molecular weight is 343 g/mol. The van der Waals surface area contributed by atoms with Crippen molar-refractivity contribution in [3.63, 3.8) is 0 Å². The second-order valence-electron chi connectivity index (χ2n) is 6.57. The van der Waals surface area contributed by atoms with Crippen LogP contribution in [0.3, 0.4) is 0 Å². The Bertz CT molecular complexity index is 856. The minimum atomic E-state index is -3.35. The topological polar surface area (TPSA) is 62.3 Å². The second kappa shape index (κ2) is 5.86. The molecule has 1 N–H and O–H groups in total. The highest BCUT2D eigenvalue weighted by molar-refractivity contribution is 7.89. The summed E-state index contributed by atoms with van der Waals surface area (Å²) in [6, 6.07) is 9.64. The molecular weight excluding hydrogens is 322 g/mol. The van der Waals surface area contributed by atoms with Crippen LogP contribution in [0.25, 0.3) is 11.1 Å². The monoisotopic (exact) mass is 343 g/mol. The summed E-state index contributed by atoms with van der Waals surface area (Å²) in [5.74, 6) is 0.939. The SMILES string of the molecule is CC1Cc2c(-c3ccc(S(=O)(=O)N4CCCC4)cc3)ccnc2N1. The van der Waals surface area contributed by atoms with Gasteiger partial charge in [0, 0.05) is 30.9 Å². The van der Waals surface area contributed by atoms with Crippen molar-refractivity contribution in [1.29, 1.82) is 0 Å². The molecule has 126 valence electrons. The summed E-state index contributed by atoms with van der Waals surface area (Å²) in [6.45, 7) is 3.40. The molecule has 2 aromatic rings. The fraction of sp³-hybridized carbons (Fsp3) is 0.389. The maximum absolute atomic E-state index is 12.6. The van der Waals surface area contributed by atoms with Gasteiger partial charge < -0.3 is 5.32 Å². The third-order valence-corrected chi connectivity index (χ3v) is 6.73. The predicted octanol–water partition coefficient (Wildman–Crippen LogP) is 2.89. The molecule has 1 aromatic carbocycles. The first-order valence-corrected chi connectivity index (χ1v) is 9.85. The van der Waals surface area contributed by atoms with Crippen LogP contribution >= 0.6 is 0 Å². The van der Waals surface area contributed by atoms with E-state index in [0.29, 0.717) is 24.0 Å². The van der Waals surface area contributed by atoms with Gasteiger partial charge in [-0.15, -0.1) is 0 Å². The minimum Gasteiger partial charge on any atom is -0.367 e. The first-order chi connectivity index (χ1) is 11.6. The van der Waals surface area contributed by atoms with E-state index in [4.69, 9.17) is 0 Å². The van der Waals surface area contributed by atoms with Gasteiger partial charge in [0.05, 0.1) is 4.90 Å². The summed E-state index contributed by atoms with van der Waals surface area (Å²) < 4.78 is 26.8. The molecule has 0 amide bonds. The number of anilines is 1. The third kappa shape index (κ3) is 2.59. The molecule has 0 radical (unpaired) electrons. The van der Waals surface area contributed by atoms with Crippen LogP contribution in [0.2, 0.25) is 0 Å². The highest BCUT2D eigenvalue weighted by atomic mass is 32.2. The molecule has 0 spiro atoms. The summed E-state index contributed by atoms with van der Waals surface area (Å²) in [5.41, 5.74) is 3.37. The number of sulfonamides is 1. The zero-order valence-corrected chi connectivity index (χ0v) is 14.5. The van der Waals surface area contributed by atoms with Gasteiger partial charge in [-0.25, -0.2) is 13.4 Å². The summed E-state index contributed by atoms with van der Waals surface area (Å²) in [6.07, 6.45) is 4.64. The molecular formula is C18H21N3O2S. The van der Waals surface area contributed by atoms with Crippen molar-refractivity contribution in [2.75, 3.05) is 18.4 Å². The Kier molecular flexibility index (Phi) is 3.81. The molecule has 24 heavy (non-hydrogen) atoms. The summed E-state index contributed by atoms with van der Waals surface area (Å²) >= 11 is 0. The van der Waals surface area contributed by atoms with E-state index in [0.717, 1.165) is 36.2 Å². The Morgan fingerprint density at radius 3 is 2.54 bits per heavy atom. The van der Waals surface area contributed by atoms with Gasteiger partial charge in [-0.05, 0) is 55.5 Å². The van der Waals surface area contributed by atoms with E-state index in [1.807, 2.05) is 18.2 Å². The third-order valence-electron chi connectivity index (χ3n) is 4.82. The first-order valence-electron chi connectivity index (χ1n) is 8.41. The number of aromatic nitrogens is 1. The number of rotatable bonds is 3. The Hall–Kier alpha value is -1.92. The average Bonchev–Trinajstić information content (AvgIpc) is 3.23. The number of hydrogen-bond acceptors (Lipinski definition) is 4. The van der Waals surface area contributed by atoms with Gasteiger partial charge in [0.2, 0.25) is 10.0 Å². The maximum Gasteiger partial charge on any atom is 0.243 e. The first kappa shape index (κ1) is 15.6. The van der Waals surface area contributed by atoms with E-state index >= 15 is 0 Å². The molecule has 2 aliphatic rings. The molecule has 0 aliphatic carbocycles. The van der Waals surface area contributed by atoms with Crippen molar-refractivity contribution in [1.82, 2.24) is 9.29 Å². The van der Waals surface area contributed by atoms with Gasteiger partial charge >= 0.3 is 0 Å². The summed E-state index contributed by atoms with van der Waals surface area (Å²) in [5, 5.41) is 3.37. The normalized spacial score (nSPS) is 20.8. The Labute approximate surface area is 142 Å². The van der Waals surface area contributed by atoms with Crippen LogP contribution in [-0.2, 0) is 16.4 Å². The minimum absolute atomic E-state index is 0.378. The lowest BCUT2D eigenvalue weighted by Gasteiger charge is -2.16. The Morgan fingerprint density at radius 2 is 1.83 bits per heavy atom. The van der Waals surface area contributed by atoms with Crippen molar-refractivity contribution in [2.45, 2.75) is 37.1 Å². The molecule has 2 aliphatic heterocycles. The van der Waals surface area contributed by atoms with E-state index < -0.39 is 10.0 Å². The molecule has 1 unspecified atom stereocenters. The van der Waals surface area contributed by atoms with E-state index in [1.165, 1.54) is 5.56 Å². The predicted molar refractivity (Wildman–Crippen MR) is 94.5 cm³/mol. The molecule has 1 atom stereocenters. The molecule has 0 bridgehead atoms. The smallest absolute Gasteiger partial charge is 0.243 e. The van der Waals surface area contributed by atoms with Crippen LogP contribution in [0.1, 0.15) is 25.3 Å². The fourth-order valence-corrected chi connectivity index (χ4v) is 5.09. The van der Waals surface area contributed by atoms with Gasteiger partial charge in [0.15, 0.2) is 0 Å². The van der Waals surface area contributed by atoms with Crippen molar-refractivity contribution in [2.24, 2.45) is 0 Å². The van der Waals surface area contributed by atoms with Crippen LogP contribution in [0.4, 0.5) is 5.82 Å². The zero-order chi connectivity index (χ0) is 16.7. The van der Waals surface area contributed by atoms with E-state index in [9.17, 15) is 8.42 Å². The second-order valence-corrected chi connectivity index (χ2v) is 8.51. The summed E-state index contributed by atoms with van der Waals surface area (Å²) in [4.78, 5) is 4.77. The van der Waals surface area contributed by atoms with E-state index in [-0.39, 0.29) is 0 Å².